The molecule has 5 heteroatoms. The Morgan fingerprint density at radius 2 is 2.32 bits per heavy atom. The normalized spacial score (nSPS) is 9.95. The Morgan fingerprint density at radius 3 is 3.00 bits per heavy atom. The van der Waals surface area contributed by atoms with Crippen LogP contribution in [-0.2, 0) is 13.6 Å². The van der Waals surface area contributed by atoms with E-state index >= 15 is 0 Å². The molecule has 0 atom stereocenters. The van der Waals surface area contributed by atoms with Gasteiger partial charge in [0.05, 0.1) is 5.69 Å². The number of benzene rings is 1. The van der Waals surface area contributed by atoms with Gasteiger partial charge in [0.1, 0.15) is 11.8 Å². The van der Waals surface area contributed by atoms with Crippen molar-refractivity contribution in [1.82, 2.24) is 9.78 Å². The minimum atomic E-state index is 0.0607. The fourth-order valence-corrected chi connectivity index (χ4v) is 1.83. The van der Waals surface area contributed by atoms with E-state index in [0.717, 1.165) is 16.9 Å². The molecule has 0 aliphatic carbocycles. The van der Waals surface area contributed by atoms with E-state index in [1.54, 1.807) is 4.68 Å². The monoisotopic (exact) mass is 256 g/mol. The van der Waals surface area contributed by atoms with Gasteiger partial charge in [-0.25, -0.2) is 0 Å². The molecule has 1 aromatic heterocycles. The van der Waals surface area contributed by atoms with Gasteiger partial charge in [0.15, 0.2) is 6.61 Å². The minimum Gasteiger partial charge on any atom is -0.479 e. The third-order valence-electron chi connectivity index (χ3n) is 2.74. The van der Waals surface area contributed by atoms with Crippen LogP contribution in [-0.4, -0.2) is 16.4 Å². The van der Waals surface area contributed by atoms with Gasteiger partial charge in [0.2, 0.25) is 0 Å². The maximum absolute atomic E-state index is 8.48. The number of hydrogen-bond donors (Lipinski definition) is 1. The number of nitrogens with zero attached hydrogens (tertiary/aromatic N) is 3. The van der Waals surface area contributed by atoms with Crippen LogP contribution in [0.15, 0.2) is 30.5 Å². The molecule has 2 rings (SSSR count). The van der Waals surface area contributed by atoms with E-state index in [-0.39, 0.29) is 6.61 Å². The number of anilines is 1. The highest BCUT2D eigenvalue weighted by molar-refractivity contribution is 5.48. The molecule has 0 saturated heterocycles. The summed E-state index contributed by atoms with van der Waals surface area (Å²) in [6, 6.07) is 9.52. The predicted molar refractivity (Wildman–Crippen MR) is 72.8 cm³/mol. The molecular formula is C14H16N4O. The van der Waals surface area contributed by atoms with Crippen LogP contribution in [0.2, 0.25) is 0 Å². The molecule has 0 unspecified atom stereocenters. The summed E-state index contributed by atoms with van der Waals surface area (Å²) >= 11 is 0. The van der Waals surface area contributed by atoms with E-state index in [2.05, 4.69) is 10.4 Å². The summed E-state index contributed by atoms with van der Waals surface area (Å²) in [5.41, 5.74) is 3.14. The smallest absolute Gasteiger partial charge is 0.174 e. The Bertz CT molecular complexity index is 598. The quantitative estimate of drug-likeness (QED) is 0.891. The van der Waals surface area contributed by atoms with Crippen molar-refractivity contribution in [2.24, 2.45) is 7.05 Å². The van der Waals surface area contributed by atoms with Crippen molar-refractivity contribution in [3.63, 3.8) is 0 Å². The van der Waals surface area contributed by atoms with Crippen molar-refractivity contribution in [3.05, 3.63) is 41.7 Å². The van der Waals surface area contributed by atoms with Gasteiger partial charge in [-0.15, -0.1) is 0 Å². The van der Waals surface area contributed by atoms with Crippen LogP contribution in [0.3, 0.4) is 0 Å². The third-order valence-corrected chi connectivity index (χ3v) is 2.74. The van der Waals surface area contributed by atoms with E-state index in [4.69, 9.17) is 10.00 Å². The van der Waals surface area contributed by atoms with E-state index in [9.17, 15) is 0 Å². The summed E-state index contributed by atoms with van der Waals surface area (Å²) in [4.78, 5) is 0. The van der Waals surface area contributed by atoms with Crippen LogP contribution >= 0.6 is 0 Å². The van der Waals surface area contributed by atoms with Gasteiger partial charge in [-0.2, -0.15) is 10.4 Å². The molecular weight excluding hydrogens is 240 g/mol. The topological polar surface area (TPSA) is 62.9 Å². The van der Waals surface area contributed by atoms with Gasteiger partial charge in [0.25, 0.3) is 0 Å². The number of hydrogen-bond acceptors (Lipinski definition) is 4. The molecule has 0 aliphatic heterocycles. The summed E-state index contributed by atoms with van der Waals surface area (Å²) in [7, 11) is 1.91. The summed E-state index contributed by atoms with van der Waals surface area (Å²) in [6.07, 6.45) is 2.00. The van der Waals surface area contributed by atoms with Crippen LogP contribution in [0.1, 0.15) is 11.3 Å². The van der Waals surface area contributed by atoms with Crippen LogP contribution < -0.4 is 10.1 Å². The molecule has 19 heavy (non-hydrogen) atoms. The number of nitriles is 1. The number of nitrogens with one attached hydrogen (secondary N) is 1. The first-order chi connectivity index (χ1) is 9.19. The molecule has 1 aromatic carbocycles. The second kappa shape index (κ2) is 5.91. The highest BCUT2D eigenvalue weighted by Gasteiger charge is 2.03. The molecule has 5 nitrogen and oxygen atoms in total. The largest absolute Gasteiger partial charge is 0.479 e. The van der Waals surface area contributed by atoms with E-state index in [1.165, 1.54) is 0 Å². The second-order valence-corrected chi connectivity index (χ2v) is 4.24. The first-order valence-electron chi connectivity index (χ1n) is 6.02. The number of ether oxygens (including phenoxy) is 1. The van der Waals surface area contributed by atoms with Gasteiger partial charge >= 0.3 is 0 Å². The lowest BCUT2D eigenvalue weighted by atomic mass is 10.2. The molecule has 0 bridgehead atoms. The zero-order valence-corrected chi connectivity index (χ0v) is 11.1. The van der Waals surface area contributed by atoms with Gasteiger partial charge < -0.3 is 10.1 Å². The van der Waals surface area contributed by atoms with E-state index in [0.29, 0.717) is 12.3 Å². The van der Waals surface area contributed by atoms with Crippen LogP contribution in [0.4, 0.5) is 5.69 Å². The molecule has 0 radical (unpaired) electrons. The first-order valence-corrected chi connectivity index (χ1v) is 6.02. The Labute approximate surface area is 112 Å². The Kier molecular flexibility index (Phi) is 4.04. The van der Waals surface area contributed by atoms with Crippen molar-refractivity contribution in [1.29, 1.82) is 5.26 Å². The Balaban J connectivity index is 1.99. The molecule has 0 saturated carbocycles. The second-order valence-electron chi connectivity index (χ2n) is 4.24. The highest BCUT2D eigenvalue weighted by atomic mass is 16.5. The van der Waals surface area contributed by atoms with Crippen molar-refractivity contribution < 1.29 is 4.74 Å². The van der Waals surface area contributed by atoms with Gasteiger partial charge in [-0.05, 0) is 19.1 Å². The van der Waals surface area contributed by atoms with Crippen molar-refractivity contribution in [3.8, 4) is 11.8 Å². The molecule has 0 amide bonds. The SMILES string of the molecule is Cc1nn(C)cc1CNc1cccc(OCC#N)c1. The predicted octanol–water partition coefficient (Wildman–Crippen LogP) is 2.24. The molecule has 0 fully saturated rings. The lowest BCUT2D eigenvalue weighted by molar-refractivity contribution is 0.368. The molecule has 1 N–H and O–H groups in total. The van der Waals surface area contributed by atoms with E-state index in [1.807, 2.05) is 50.5 Å². The van der Waals surface area contributed by atoms with Gasteiger partial charge in [-0.1, -0.05) is 6.07 Å². The van der Waals surface area contributed by atoms with E-state index < -0.39 is 0 Å². The minimum absolute atomic E-state index is 0.0607. The average molecular weight is 256 g/mol. The average Bonchev–Trinajstić information content (AvgIpc) is 2.73. The number of aromatic nitrogens is 2. The summed E-state index contributed by atoms with van der Waals surface area (Å²) in [6.45, 7) is 2.76. The molecule has 0 aliphatic rings. The van der Waals surface area contributed by atoms with Crippen LogP contribution in [0, 0.1) is 18.3 Å². The lowest BCUT2D eigenvalue weighted by Gasteiger charge is -2.07. The highest BCUT2D eigenvalue weighted by Crippen LogP contribution is 2.18. The molecule has 1 heterocycles. The Hall–Kier alpha value is -2.48. The van der Waals surface area contributed by atoms with Gasteiger partial charge in [-0.3, -0.25) is 4.68 Å². The van der Waals surface area contributed by atoms with Gasteiger partial charge in [0, 0.05) is 37.1 Å². The summed E-state index contributed by atoms with van der Waals surface area (Å²) < 4.78 is 7.06. The zero-order valence-electron chi connectivity index (χ0n) is 11.1. The molecule has 0 spiro atoms. The zero-order chi connectivity index (χ0) is 13.7. The molecule has 2 aromatic rings. The maximum Gasteiger partial charge on any atom is 0.174 e. The summed E-state index contributed by atoms with van der Waals surface area (Å²) in [5.74, 6) is 0.689. The van der Waals surface area contributed by atoms with Crippen LogP contribution in [0.25, 0.3) is 0 Å². The number of aryl methyl sites for hydroxylation is 2. The van der Waals surface area contributed by atoms with Crippen molar-refractivity contribution >= 4 is 5.69 Å². The molecule has 98 valence electrons. The Morgan fingerprint density at radius 1 is 1.47 bits per heavy atom. The fraction of sp³-hybridized carbons (Fsp3) is 0.286. The standard InChI is InChI=1S/C14H16N4O/c1-11-12(10-18(2)17-11)9-16-13-4-3-5-14(8-13)19-7-6-15/h3-5,8,10,16H,7,9H2,1-2H3. The fourth-order valence-electron chi connectivity index (χ4n) is 1.83. The van der Waals surface area contributed by atoms with Crippen molar-refractivity contribution in [2.75, 3.05) is 11.9 Å². The summed E-state index contributed by atoms with van der Waals surface area (Å²) in [5, 5.41) is 16.1. The number of rotatable bonds is 5. The van der Waals surface area contributed by atoms with Crippen LogP contribution in [0.5, 0.6) is 5.75 Å². The third kappa shape index (κ3) is 3.49. The first kappa shape index (κ1) is 13.0. The maximum atomic E-state index is 8.48. The van der Waals surface area contributed by atoms with Crippen molar-refractivity contribution in [2.45, 2.75) is 13.5 Å². The lowest BCUT2D eigenvalue weighted by Crippen LogP contribution is -2.00.